The highest BCUT2D eigenvalue weighted by Gasteiger charge is 2.13. The van der Waals surface area contributed by atoms with Gasteiger partial charge in [0, 0.05) is 11.9 Å². The fourth-order valence-corrected chi connectivity index (χ4v) is 3.06. The summed E-state index contributed by atoms with van der Waals surface area (Å²) in [6.07, 6.45) is 0.975. The number of aryl methyl sites for hydroxylation is 1. The summed E-state index contributed by atoms with van der Waals surface area (Å²) in [5.41, 5.74) is 2.13. The van der Waals surface area contributed by atoms with Crippen molar-refractivity contribution in [3.05, 3.63) is 39.8 Å². The molecule has 2 heterocycles. The van der Waals surface area contributed by atoms with Gasteiger partial charge in [-0.2, -0.15) is 0 Å². The number of nitrogens with one attached hydrogen (secondary N) is 2. The molecule has 1 aromatic carbocycles. The van der Waals surface area contributed by atoms with Crippen LogP contribution in [0.15, 0.2) is 28.6 Å². The van der Waals surface area contributed by atoms with Crippen LogP contribution in [0.25, 0.3) is 0 Å². The Hall–Kier alpha value is -1.55. The van der Waals surface area contributed by atoms with Crippen molar-refractivity contribution in [3.8, 4) is 11.5 Å². The number of ether oxygens (including phenoxy) is 2. The van der Waals surface area contributed by atoms with Crippen molar-refractivity contribution in [2.45, 2.75) is 33.4 Å². The molecule has 1 aromatic heterocycles. The highest BCUT2D eigenvalue weighted by atomic mass is 127. The van der Waals surface area contributed by atoms with Crippen molar-refractivity contribution in [1.29, 1.82) is 0 Å². The Labute approximate surface area is 169 Å². The van der Waals surface area contributed by atoms with Crippen LogP contribution in [0.2, 0.25) is 0 Å². The molecule has 0 saturated heterocycles. The molecule has 0 aliphatic carbocycles. The number of halogens is 1. The van der Waals surface area contributed by atoms with Gasteiger partial charge in [-0.05, 0) is 31.0 Å². The first kappa shape index (κ1) is 19.8. The van der Waals surface area contributed by atoms with Gasteiger partial charge in [-0.3, -0.25) is 0 Å². The van der Waals surface area contributed by atoms with Crippen molar-refractivity contribution in [2.24, 2.45) is 4.99 Å². The molecular weight excluding hydrogens is 451 g/mol. The summed E-state index contributed by atoms with van der Waals surface area (Å²) >= 11 is 1.70. The van der Waals surface area contributed by atoms with Gasteiger partial charge in [-0.25, -0.2) is 9.98 Å². The molecular formula is C17H23IN4O2S. The highest BCUT2D eigenvalue weighted by Crippen LogP contribution is 2.32. The Balaban J connectivity index is 0.00000225. The van der Waals surface area contributed by atoms with E-state index in [9.17, 15) is 0 Å². The average molecular weight is 474 g/mol. The Morgan fingerprint density at radius 3 is 2.84 bits per heavy atom. The molecule has 8 heteroatoms. The van der Waals surface area contributed by atoms with Gasteiger partial charge >= 0.3 is 0 Å². The number of hydrogen-bond acceptors (Lipinski definition) is 5. The summed E-state index contributed by atoms with van der Waals surface area (Å²) in [4.78, 5) is 9.19. The first-order valence-electron chi connectivity index (χ1n) is 8.12. The number of benzene rings is 1. The van der Waals surface area contributed by atoms with Gasteiger partial charge in [0.2, 0.25) is 6.79 Å². The third kappa shape index (κ3) is 5.46. The topological polar surface area (TPSA) is 67.8 Å². The van der Waals surface area contributed by atoms with Crippen molar-refractivity contribution < 1.29 is 9.47 Å². The summed E-state index contributed by atoms with van der Waals surface area (Å²) in [6.45, 7) is 6.51. The van der Waals surface area contributed by atoms with E-state index in [-0.39, 0.29) is 24.0 Å². The molecule has 0 bridgehead atoms. The van der Waals surface area contributed by atoms with Gasteiger partial charge in [0.15, 0.2) is 17.5 Å². The molecule has 1 aliphatic heterocycles. The molecule has 0 fully saturated rings. The summed E-state index contributed by atoms with van der Waals surface area (Å²) in [7, 11) is 0. The maximum atomic E-state index is 5.40. The lowest BCUT2D eigenvalue weighted by atomic mass is 10.2. The Kier molecular flexibility index (Phi) is 7.76. The van der Waals surface area contributed by atoms with Crippen molar-refractivity contribution in [3.63, 3.8) is 0 Å². The number of thiazole rings is 1. The first-order chi connectivity index (χ1) is 11.8. The highest BCUT2D eigenvalue weighted by molar-refractivity contribution is 14.0. The van der Waals surface area contributed by atoms with Crippen LogP contribution < -0.4 is 20.1 Å². The summed E-state index contributed by atoms with van der Waals surface area (Å²) < 4.78 is 10.7. The number of aliphatic imine (C=N–C) groups is 1. The van der Waals surface area contributed by atoms with E-state index in [1.807, 2.05) is 18.2 Å². The standard InChI is InChI=1S/C17H22N4O2S.HI/c1-3-16-21-13(10-24-16)9-20-17(18-4-2)19-8-12-5-6-14-15(7-12)23-11-22-14;/h5-7,10H,3-4,8-9,11H2,1-2H3,(H2,18,19,20);1H. The lowest BCUT2D eigenvalue weighted by molar-refractivity contribution is 0.174. The number of hydrogen-bond donors (Lipinski definition) is 2. The molecule has 0 atom stereocenters. The quantitative estimate of drug-likeness (QED) is 0.382. The van der Waals surface area contributed by atoms with Crippen LogP contribution in [-0.2, 0) is 19.5 Å². The summed E-state index contributed by atoms with van der Waals surface area (Å²) in [5.74, 6) is 2.36. The van der Waals surface area contributed by atoms with E-state index in [2.05, 4.69) is 39.8 Å². The fraction of sp³-hybridized carbons (Fsp3) is 0.412. The lowest BCUT2D eigenvalue weighted by Crippen LogP contribution is -2.36. The lowest BCUT2D eigenvalue weighted by Gasteiger charge is -2.10. The minimum Gasteiger partial charge on any atom is -0.454 e. The number of fused-ring (bicyclic) bond motifs is 1. The van der Waals surface area contributed by atoms with Crippen LogP contribution >= 0.6 is 35.3 Å². The molecule has 0 unspecified atom stereocenters. The van der Waals surface area contributed by atoms with Crippen molar-refractivity contribution in [1.82, 2.24) is 15.6 Å². The predicted molar refractivity (Wildman–Crippen MR) is 111 cm³/mol. The van der Waals surface area contributed by atoms with Crippen LogP contribution in [-0.4, -0.2) is 24.3 Å². The van der Waals surface area contributed by atoms with Gasteiger partial charge < -0.3 is 20.1 Å². The molecule has 3 rings (SSSR count). The molecule has 6 nitrogen and oxygen atoms in total. The molecule has 0 saturated carbocycles. The van der Waals surface area contributed by atoms with Gasteiger partial charge in [0.25, 0.3) is 0 Å². The Morgan fingerprint density at radius 1 is 1.24 bits per heavy atom. The average Bonchev–Trinajstić information content (AvgIpc) is 3.25. The summed E-state index contributed by atoms with van der Waals surface area (Å²) in [6, 6.07) is 5.91. The smallest absolute Gasteiger partial charge is 0.231 e. The molecule has 0 radical (unpaired) electrons. The van der Waals surface area contributed by atoms with E-state index < -0.39 is 0 Å². The number of guanidine groups is 1. The number of rotatable bonds is 6. The van der Waals surface area contributed by atoms with Gasteiger partial charge in [0.1, 0.15) is 0 Å². The molecule has 0 spiro atoms. The van der Waals surface area contributed by atoms with Crippen LogP contribution in [0.4, 0.5) is 0 Å². The molecule has 2 aromatic rings. The van der Waals surface area contributed by atoms with Gasteiger partial charge in [-0.15, -0.1) is 35.3 Å². The zero-order valence-electron chi connectivity index (χ0n) is 14.4. The van der Waals surface area contributed by atoms with Crippen molar-refractivity contribution >= 4 is 41.3 Å². The van der Waals surface area contributed by atoms with E-state index in [0.717, 1.165) is 46.7 Å². The van der Waals surface area contributed by atoms with Crippen LogP contribution in [0, 0.1) is 0 Å². The second-order valence-corrected chi connectivity index (χ2v) is 6.27. The van der Waals surface area contributed by atoms with E-state index >= 15 is 0 Å². The largest absolute Gasteiger partial charge is 0.454 e. The van der Waals surface area contributed by atoms with Crippen LogP contribution in [0.1, 0.15) is 30.1 Å². The molecule has 0 amide bonds. The fourth-order valence-electron chi connectivity index (χ4n) is 2.32. The SMILES string of the molecule is CCNC(=NCc1ccc2c(c1)OCO2)NCc1csc(CC)n1.I. The van der Waals surface area contributed by atoms with E-state index in [0.29, 0.717) is 19.9 Å². The minimum absolute atomic E-state index is 0. The zero-order chi connectivity index (χ0) is 16.8. The number of nitrogens with zero attached hydrogens (tertiary/aromatic N) is 2. The number of aromatic nitrogens is 1. The minimum atomic E-state index is 0. The Morgan fingerprint density at radius 2 is 2.08 bits per heavy atom. The maximum absolute atomic E-state index is 5.40. The zero-order valence-corrected chi connectivity index (χ0v) is 17.5. The third-order valence-electron chi connectivity index (χ3n) is 3.54. The normalized spacial score (nSPS) is 12.6. The van der Waals surface area contributed by atoms with Crippen LogP contribution in [0.3, 0.4) is 0 Å². The van der Waals surface area contributed by atoms with Gasteiger partial charge in [0.05, 0.1) is 23.8 Å². The second kappa shape index (κ2) is 9.81. The van der Waals surface area contributed by atoms with Crippen LogP contribution in [0.5, 0.6) is 11.5 Å². The monoisotopic (exact) mass is 474 g/mol. The van der Waals surface area contributed by atoms with E-state index in [1.165, 1.54) is 0 Å². The Bertz CT molecular complexity index is 720. The molecule has 1 aliphatic rings. The summed E-state index contributed by atoms with van der Waals surface area (Å²) in [5, 5.41) is 9.83. The second-order valence-electron chi connectivity index (χ2n) is 5.32. The predicted octanol–water partition coefficient (Wildman–Crippen LogP) is 3.31. The van der Waals surface area contributed by atoms with E-state index in [4.69, 9.17) is 9.47 Å². The molecule has 136 valence electrons. The molecule has 25 heavy (non-hydrogen) atoms. The third-order valence-corrected chi connectivity index (χ3v) is 4.58. The maximum Gasteiger partial charge on any atom is 0.231 e. The first-order valence-corrected chi connectivity index (χ1v) is 9.00. The van der Waals surface area contributed by atoms with Crippen molar-refractivity contribution in [2.75, 3.05) is 13.3 Å². The molecule has 2 N–H and O–H groups in total. The van der Waals surface area contributed by atoms with E-state index in [1.54, 1.807) is 11.3 Å². The van der Waals surface area contributed by atoms with Gasteiger partial charge in [-0.1, -0.05) is 13.0 Å².